The highest BCUT2D eigenvalue weighted by Gasteiger charge is 2.07. The van der Waals surface area contributed by atoms with Crippen molar-refractivity contribution in [3.8, 4) is 17.6 Å². The van der Waals surface area contributed by atoms with Gasteiger partial charge in [0.1, 0.15) is 12.4 Å². The van der Waals surface area contributed by atoms with Gasteiger partial charge in [-0.1, -0.05) is 24.0 Å². The van der Waals surface area contributed by atoms with E-state index in [0.29, 0.717) is 6.42 Å². The summed E-state index contributed by atoms with van der Waals surface area (Å²) >= 11 is 0. The molecule has 0 radical (unpaired) electrons. The van der Waals surface area contributed by atoms with Crippen molar-refractivity contribution >= 4 is 5.91 Å². The van der Waals surface area contributed by atoms with Crippen LogP contribution in [0.1, 0.15) is 12.5 Å². The summed E-state index contributed by atoms with van der Waals surface area (Å²) in [5, 5.41) is 11.4. The molecule has 96 valence electrons. The molecule has 0 saturated carbocycles. The van der Waals surface area contributed by atoms with Crippen molar-refractivity contribution in [3.05, 3.63) is 29.8 Å². The van der Waals surface area contributed by atoms with Gasteiger partial charge in [-0.25, -0.2) is 0 Å². The monoisotopic (exact) mass is 247 g/mol. The van der Waals surface area contributed by atoms with E-state index >= 15 is 0 Å². The van der Waals surface area contributed by atoms with Gasteiger partial charge in [-0.15, -0.1) is 0 Å². The van der Waals surface area contributed by atoms with Gasteiger partial charge in [0.25, 0.3) is 0 Å². The average Bonchev–Trinajstić information content (AvgIpc) is 2.36. The highest BCUT2D eigenvalue weighted by Crippen LogP contribution is 2.12. The first-order valence-corrected chi connectivity index (χ1v) is 5.65. The first-order valence-electron chi connectivity index (χ1n) is 5.65. The predicted octanol–water partition coefficient (Wildman–Crippen LogP) is 0.738. The van der Waals surface area contributed by atoms with Gasteiger partial charge in [-0.05, 0) is 17.7 Å². The van der Waals surface area contributed by atoms with Crippen LogP contribution in [0.5, 0.6) is 5.75 Å². The molecule has 0 fully saturated rings. The normalized spacial score (nSPS) is 11.1. The SMILES string of the molecule is COc1ccc(C[C@H](C#CCO)NC(C)=O)cc1. The zero-order chi connectivity index (χ0) is 13.4. The number of aliphatic hydroxyl groups excluding tert-OH is 1. The Morgan fingerprint density at radius 1 is 1.44 bits per heavy atom. The molecule has 1 aromatic rings. The Morgan fingerprint density at radius 3 is 2.61 bits per heavy atom. The maximum Gasteiger partial charge on any atom is 0.217 e. The second kappa shape index (κ2) is 7.36. The minimum Gasteiger partial charge on any atom is -0.497 e. The van der Waals surface area contributed by atoms with Crippen molar-refractivity contribution in [3.63, 3.8) is 0 Å². The van der Waals surface area contributed by atoms with Gasteiger partial charge in [0.15, 0.2) is 0 Å². The molecule has 2 N–H and O–H groups in total. The Hall–Kier alpha value is -1.99. The van der Waals surface area contributed by atoms with Crippen LogP contribution in [0.4, 0.5) is 0 Å². The molecule has 0 aliphatic carbocycles. The number of ether oxygens (including phenoxy) is 1. The molecule has 0 bridgehead atoms. The van der Waals surface area contributed by atoms with E-state index in [1.54, 1.807) is 7.11 Å². The summed E-state index contributed by atoms with van der Waals surface area (Å²) < 4.78 is 5.07. The number of rotatable bonds is 4. The van der Waals surface area contributed by atoms with Gasteiger partial charge < -0.3 is 15.2 Å². The van der Waals surface area contributed by atoms with Crippen molar-refractivity contribution in [1.29, 1.82) is 0 Å². The summed E-state index contributed by atoms with van der Waals surface area (Å²) in [5.74, 6) is 6.03. The van der Waals surface area contributed by atoms with Crippen molar-refractivity contribution in [2.75, 3.05) is 13.7 Å². The lowest BCUT2D eigenvalue weighted by Crippen LogP contribution is -2.33. The van der Waals surface area contributed by atoms with E-state index < -0.39 is 0 Å². The first-order chi connectivity index (χ1) is 8.65. The lowest BCUT2D eigenvalue weighted by atomic mass is 10.1. The Labute approximate surface area is 107 Å². The van der Waals surface area contributed by atoms with E-state index in [1.165, 1.54) is 6.92 Å². The standard InChI is InChI=1S/C14H17NO3/c1-11(17)15-13(4-3-9-16)10-12-5-7-14(18-2)8-6-12/h5-8,13,16H,9-10H2,1-2H3,(H,15,17)/t13-/m0/s1. The van der Waals surface area contributed by atoms with Gasteiger partial charge in [-0.2, -0.15) is 0 Å². The van der Waals surface area contributed by atoms with Crippen LogP contribution in [0.2, 0.25) is 0 Å². The van der Waals surface area contributed by atoms with Crippen LogP contribution in [-0.4, -0.2) is 30.8 Å². The fourth-order valence-electron chi connectivity index (χ4n) is 1.55. The zero-order valence-electron chi connectivity index (χ0n) is 10.6. The van der Waals surface area contributed by atoms with Gasteiger partial charge in [0.05, 0.1) is 13.2 Å². The lowest BCUT2D eigenvalue weighted by molar-refractivity contribution is -0.119. The van der Waals surface area contributed by atoms with E-state index in [1.807, 2.05) is 24.3 Å². The fourth-order valence-corrected chi connectivity index (χ4v) is 1.55. The number of carbonyl (C=O) groups excluding carboxylic acids is 1. The third-order valence-electron chi connectivity index (χ3n) is 2.33. The summed E-state index contributed by atoms with van der Waals surface area (Å²) in [4.78, 5) is 11.0. The predicted molar refractivity (Wildman–Crippen MR) is 69.2 cm³/mol. The third-order valence-corrected chi connectivity index (χ3v) is 2.33. The van der Waals surface area contributed by atoms with E-state index in [4.69, 9.17) is 9.84 Å². The maximum absolute atomic E-state index is 11.0. The van der Waals surface area contributed by atoms with Crippen LogP contribution in [0.3, 0.4) is 0 Å². The highest BCUT2D eigenvalue weighted by molar-refractivity contribution is 5.73. The number of methoxy groups -OCH3 is 1. The quantitative estimate of drug-likeness (QED) is 0.771. The molecule has 1 aromatic carbocycles. The lowest BCUT2D eigenvalue weighted by Gasteiger charge is -2.12. The zero-order valence-corrected chi connectivity index (χ0v) is 10.6. The van der Waals surface area contributed by atoms with Gasteiger partial charge in [-0.3, -0.25) is 4.79 Å². The molecule has 0 unspecified atom stereocenters. The molecule has 0 aliphatic rings. The number of nitrogens with one attached hydrogen (secondary N) is 1. The molecule has 1 amide bonds. The van der Waals surface area contributed by atoms with Gasteiger partial charge in [0.2, 0.25) is 5.91 Å². The number of benzene rings is 1. The molecule has 0 aliphatic heterocycles. The summed E-state index contributed by atoms with van der Waals surface area (Å²) in [6.45, 7) is 1.24. The number of amides is 1. The molecule has 4 heteroatoms. The number of aliphatic hydroxyl groups is 1. The first kappa shape index (κ1) is 14.1. The van der Waals surface area contributed by atoms with Crippen molar-refractivity contribution in [1.82, 2.24) is 5.32 Å². The molecule has 0 heterocycles. The van der Waals surface area contributed by atoms with Crippen molar-refractivity contribution < 1.29 is 14.6 Å². The molecular formula is C14H17NO3. The molecular weight excluding hydrogens is 230 g/mol. The van der Waals surface area contributed by atoms with E-state index in [9.17, 15) is 4.79 Å². The average molecular weight is 247 g/mol. The fraction of sp³-hybridized carbons (Fsp3) is 0.357. The molecule has 18 heavy (non-hydrogen) atoms. The smallest absolute Gasteiger partial charge is 0.217 e. The summed E-state index contributed by atoms with van der Waals surface area (Å²) in [7, 11) is 1.61. The minimum atomic E-state index is -0.289. The molecule has 0 aromatic heterocycles. The Bertz CT molecular complexity index is 442. The van der Waals surface area contributed by atoms with E-state index in [0.717, 1.165) is 11.3 Å². The van der Waals surface area contributed by atoms with Crippen LogP contribution in [-0.2, 0) is 11.2 Å². The van der Waals surface area contributed by atoms with Crippen LogP contribution in [0, 0.1) is 11.8 Å². The Balaban J connectivity index is 2.71. The summed E-state index contributed by atoms with van der Waals surface area (Å²) in [6.07, 6.45) is 0.594. The second-order valence-corrected chi connectivity index (χ2v) is 3.78. The van der Waals surface area contributed by atoms with Crippen molar-refractivity contribution in [2.45, 2.75) is 19.4 Å². The maximum atomic E-state index is 11.0. The Kier molecular flexibility index (Phi) is 5.75. The van der Waals surface area contributed by atoms with Gasteiger partial charge >= 0.3 is 0 Å². The van der Waals surface area contributed by atoms with Crippen LogP contribution in [0.25, 0.3) is 0 Å². The minimum absolute atomic E-state index is 0.138. The molecule has 0 spiro atoms. The van der Waals surface area contributed by atoms with Gasteiger partial charge in [0, 0.05) is 13.3 Å². The van der Waals surface area contributed by atoms with E-state index in [2.05, 4.69) is 17.2 Å². The largest absolute Gasteiger partial charge is 0.497 e. The highest BCUT2D eigenvalue weighted by atomic mass is 16.5. The molecule has 4 nitrogen and oxygen atoms in total. The second-order valence-electron chi connectivity index (χ2n) is 3.78. The Morgan fingerprint density at radius 2 is 2.11 bits per heavy atom. The number of carbonyl (C=O) groups is 1. The molecule has 0 saturated heterocycles. The topological polar surface area (TPSA) is 58.6 Å². The van der Waals surface area contributed by atoms with Crippen LogP contribution >= 0.6 is 0 Å². The number of hydrogen-bond donors (Lipinski definition) is 2. The summed E-state index contributed by atoms with van der Waals surface area (Å²) in [5.41, 5.74) is 1.04. The molecule has 1 atom stereocenters. The number of hydrogen-bond acceptors (Lipinski definition) is 3. The van der Waals surface area contributed by atoms with Crippen molar-refractivity contribution in [2.24, 2.45) is 0 Å². The summed E-state index contributed by atoms with van der Waals surface area (Å²) in [6, 6.07) is 7.28. The third kappa shape index (κ3) is 4.89. The van der Waals surface area contributed by atoms with Crippen LogP contribution in [0.15, 0.2) is 24.3 Å². The van der Waals surface area contributed by atoms with E-state index in [-0.39, 0.29) is 18.6 Å². The molecule has 1 rings (SSSR count). The van der Waals surface area contributed by atoms with Crippen LogP contribution < -0.4 is 10.1 Å².